The average Bonchev–Trinajstić information content (AvgIpc) is 3.03. The second-order valence-electron chi connectivity index (χ2n) is 5.73. The Labute approximate surface area is 148 Å². The van der Waals surface area contributed by atoms with Crippen LogP contribution in [0.15, 0.2) is 36.5 Å². The number of hydrogen-bond acceptors (Lipinski definition) is 4. The van der Waals surface area contributed by atoms with Crippen molar-refractivity contribution in [3.63, 3.8) is 0 Å². The lowest BCUT2D eigenvalue weighted by atomic mass is 10.1. The van der Waals surface area contributed by atoms with Gasteiger partial charge in [0.05, 0.1) is 18.5 Å². The molecule has 1 aromatic carbocycles. The summed E-state index contributed by atoms with van der Waals surface area (Å²) in [5, 5.41) is 7.09. The third-order valence-corrected chi connectivity index (χ3v) is 3.78. The summed E-state index contributed by atoms with van der Waals surface area (Å²) in [6, 6.07) is 9.36. The molecule has 2 rings (SSSR count). The van der Waals surface area contributed by atoms with Crippen molar-refractivity contribution >= 4 is 17.7 Å². The molecule has 0 spiro atoms. The van der Waals surface area contributed by atoms with Crippen LogP contribution in [0, 0.1) is 0 Å². The van der Waals surface area contributed by atoms with Crippen molar-refractivity contribution in [1.82, 2.24) is 9.78 Å². The predicted molar refractivity (Wildman–Crippen MR) is 96.9 cm³/mol. The monoisotopic (exact) mass is 343 g/mol. The largest absolute Gasteiger partial charge is 0.462 e. The Morgan fingerprint density at radius 2 is 1.88 bits per heavy atom. The second-order valence-corrected chi connectivity index (χ2v) is 5.73. The molecular formula is C19H25N3O3. The highest BCUT2D eigenvalue weighted by Gasteiger charge is 2.21. The maximum Gasteiger partial charge on any atom is 0.343 e. The van der Waals surface area contributed by atoms with E-state index in [1.165, 1.54) is 6.20 Å². The number of carbonyl (C=O) groups is 2. The van der Waals surface area contributed by atoms with Crippen molar-refractivity contribution in [2.75, 3.05) is 11.9 Å². The van der Waals surface area contributed by atoms with Crippen LogP contribution in [0.2, 0.25) is 0 Å². The van der Waals surface area contributed by atoms with Gasteiger partial charge in [-0.25, -0.2) is 9.48 Å². The van der Waals surface area contributed by atoms with E-state index in [4.69, 9.17) is 4.74 Å². The Kier molecular flexibility index (Phi) is 7.19. The molecule has 0 unspecified atom stereocenters. The summed E-state index contributed by atoms with van der Waals surface area (Å²) in [5.74, 6) is -0.268. The van der Waals surface area contributed by atoms with Gasteiger partial charge in [0, 0.05) is 6.42 Å². The first-order valence-corrected chi connectivity index (χ1v) is 8.77. The van der Waals surface area contributed by atoms with Crippen molar-refractivity contribution in [3.8, 4) is 5.69 Å². The summed E-state index contributed by atoms with van der Waals surface area (Å²) in [7, 11) is 0. The van der Waals surface area contributed by atoms with Gasteiger partial charge in [-0.15, -0.1) is 0 Å². The number of aromatic nitrogens is 2. The number of nitrogens with one attached hydrogen (secondary N) is 1. The molecule has 1 N–H and O–H groups in total. The molecule has 0 radical (unpaired) electrons. The van der Waals surface area contributed by atoms with Gasteiger partial charge in [-0.3, -0.25) is 4.79 Å². The van der Waals surface area contributed by atoms with E-state index in [0.717, 1.165) is 31.4 Å². The Hall–Kier alpha value is -2.63. The molecule has 6 heteroatoms. The Bertz CT molecular complexity index is 695. The number of unbranched alkanes of at least 4 members (excludes halogenated alkanes) is 3. The molecule has 1 amide bonds. The first-order chi connectivity index (χ1) is 12.2. The molecular weight excluding hydrogens is 318 g/mol. The van der Waals surface area contributed by atoms with Crippen LogP contribution in [0.4, 0.5) is 5.82 Å². The smallest absolute Gasteiger partial charge is 0.343 e. The number of nitrogens with zero attached hydrogens (tertiary/aromatic N) is 2. The number of ether oxygens (including phenoxy) is 1. The highest BCUT2D eigenvalue weighted by Crippen LogP contribution is 2.21. The van der Waals surface area contributed by atoms with E-state index in [2.05, 4.69) is 17.3 Å². The van der Waals surface area contributed by atoms with E-state index in [1.807, 2.05) is 30.3 Å². The van der Waals surface area contributed by atoms with Gasteiger partial charge in [-0.1, -0.05) is 44.4 Å². The van der Waals surface area contributed by atoms with E-state index in [9.17, 15) is 9.59 Å². The van der Waals surface area contributed by atoms with Crippen LogP contribution < -0.4 is 5.32 Å². The molecule has 0 saturated heterocycles. The molecule has 0 aliphatic heterocycles. The minimum atomic E-state index is -0.494. The summed E-state index contributed by atoms with van der Waals surface area (Å²) in [6.07, 6.45) is 5.93. The molecule has 2 aromatic rings. The first kappa shape index (κ1) is 18.7. The van der Waals surface area contributed by atoms with Crippen LogP contribution in [-0.2, 0) is 9.53 Å². The van der Waals surface area contributed by atoms with Crippen molar-refractivity contribution in [1.29, 1.82) is 0 Å². The zero-order valence-electron chi connectivity index (χ0n) is 14.8. The van der Waals surface area contributed by atoms with Crippen LogP contribution in [0.1, 0.15) is 56.3 Å². The maximum absolute atomic E-state index is 12.3. The Balaban J connectivity index is 2.21. The third-order valence-electron chi connectivity index (χ3n) is 3.78. The number of hydrogen-bond donors (Lipinski definition) is 1. The van der Waals surface area contributed by atoms with E-state index in [-0.39, 0.29) is 18.1 Å². The molecule has 0 fully saturated rings. The third kappa shape index (κ3) is 5.17. The van der Waals surface area contributed by atoms with Gasteiger partial charge in [0.2, 0.25) is 5.91 Å². The van der Waals surface area contributed by atoms with E-state index < -0.39 is 5.97 Å². The van der Waals surface area contributed by atoms with Crippen molar-refractivity contribution in [2.24, 2.45) is 0 Å². The summed E-state index contributed by atoms with van der Waals surface area (Å²) >= 11 is 0. The summed E-state index contributed by atoms with van der Waals surface area (Å²) in [4.78, 5) is 24.4. The van der Waals surface area contributed by atoms with E-state index in [0.29, 0.717) is 12.2 Å². The lowest BCUT2D eigenvalue weighted by Crippen LogP contribution is -2.17. The summed E-state index contributed by atoms with van der Waals surface area (Å²) < 4.78 is 6.62. The van der Waals surface area contributed by atoms with E-state index >= 15 is 0 Å². The number of para-hydroxylation sites is 1. The number of benzene rings is 1. The van der Waals surface area contributed by atoms with Gasteiger partial charge >= 0.3 is 5.97 Å². The fraction of sp³-hybridized carbons (Fsp3) is 0.421. The van der Waals surface area contributed by atoms with Crippen molar-refractivity contribution in [2.45, 2.75) is 46.0 Å². The SMILES string of the molecule is CCCCCCC(=O)Nc1c(C(=O)OCC)cnn1-c1ccccc1. The summed E-state index contributed by atoms with van der Waals surface area (Å²) in [5.41, 5.74) is 1.02. The molecule has 6 nitrogen and oxygen atoms in total. The molecule has 25 heavy (non-hydrogen) atoms. The quantitative estimate of drug-likeness (QED) is 0.552. The molecule has 0 aliphatic carbocycles. The average molecular weight is 343 g/mol. The highest BCUT2D eigenvalue weighted by atomic mass is 16.5. The molecule has 0 bridgehead atoms. The van der Waals surface area contributed by atoms with Crippen molar-refractivity contribution in [3.05, 3.63) is 42.1 Å². The number of rotatable bonds is 9. The van der Waals surface area contributed by atoms with Crippen molar-refractivity contribution < 1.29 is 14.3 Å². The van der Waals surface area contributed by atoms with Crippen LogP contribution >= 0.6 is 0 Å². The number of esters is 1. The normalized spacial score (nSPS) is 10.5. The lowest BCUT2D eigenvalue weighted by Gasteiger charge is -2.11. The van der Waals surface area contributed by atoms with Gasteiger partial charge in [0.15, 0.2) is 5.82 Å². The second kappa shape index (κ2) is 9.61. The molecule has 1 heterocycles. The Morgan fingerprint density at radius 3 is 2.56 bits per heavy atom. The predicted octanol–water partition coefficient (Wildman–Crippen LogP) is 3.96. The van der Waals surface area contributed by atoms with Gasteiger partial charge in [-0.2, -0.15) is 5.10 Å². The fourth-order valence-electron chi connectivity index (χ4n) is 2.50. The summed E-state index contributed by atoms with van der Waals surface area (Å²) in [6.45, 7) is 4.13. The molecule has 0 aliphatic rings. The number of anilines is 1. The standard InChI is InChI=1S/C19H25N3O3/c1-3-5-6-10-13-17(23)21-18-16(19(24)25-4-2)14-20-22(18)15-11-8-7-9-12-15/h7-9,11-12,14H,3-6,10,13H2,1-2H3,(H,21,23). The number of amides is 1. The molecule has 0 atom stereocenters. The fourth-order valence-corrected chi connectivity index (χ4v) is 2.50. The maximum atomic E-state index is 12.3. The minimum absolute atomic E-state index is 0.126. The molecule has 1 aromatic heterocycles. The van der Waals surface area contributed by atoms with Gasteiger partial charge < -0.3 is 10.1 Å². The Morgan fingerprint density at radius 1 is 1.12 bits per heavy atom. The van der Waals surface area contributed by atoms with Crippen LogP contribution in [-0.4, -0.2) is 28.3 Å². The zero-order chi connectivity index (χ0) is 18.1. The molecule has 134 valence electrons. The zero-order valence-corrected chi connectivity index (χ0v) is 14.8. The lowest BCUT2D eigenvalue weighted by molar-refractivity contribution is -0.116. The van der Waals surface area contributed by atoms with E-state index in [1.54, 1.807) is 11.6 Å². The van der Waals surface area contributed by atoms with Crippen LogP contribution in [0.5, 0.6) is 0 Å². The highest BCUT2D eigenvalue weighted by molar-refractivity contribution is 6.00. The van der Waals surface area contributed by atoms with Gasteiger partial charge in [0.1, 0.15) is 5.56 Å². The molecule has 0 saturated carbocycles. The van der Waals surface area contributed by atoms with Crippen LogP contribution in [0.25, 0.3) is 5.69 Å². The first-order valence-electron chi connectivity index (χ1n) is 8.77. The number of carbonyl (C=O) groups excluding carboxylic acids is 2. The topological polar surface area (TPSA) is 73.2 Å². The van der Waals surface area contributed by atoms with Crippen LogP contribution in [0.3, 0.4) is 0 Å². The van der Waals surface area contributed by atoms with Gasteiger partial charge in [-0.05, 0) is 25.5 Å². The van der Waals surface area contributed by atoms with Gasteiger partial charge in [0.25, 0.3) is 0 Å². The minimum Gasteiger partial charge on any atom is -0.462 e.